The molecule has 340 valence electrons. The van der Waals surface area contributed by atoms with Crippen LogP contribution in [0.2, 0.25) is 0 Å². The number of ether oxygens (including phenoxy) is 7. The van der Waals surface area contributed by atoms with E-state index in [4.69, 9.17) is 33.2 Å². The molecule has 5 N–H and O–H groups in total. The van der Waals surface area contributed by atoms with Gasteiger partial charge < -0.3 is 59.1 Å². The molecule has 1 aromatic rings. The van der Waals surface area contributed by atoms with Gasteiger partial charge in [0.25, 0.3) is 0 Å². The number of carbonyl (C=O) groups is 1. The predicted molar refractivity (Wildman–Crippen MR) is 222 cm³/mol. The van der Waals surface area contributed by atoms with Gasteiger partial charge in [-0.2, -0.15) is 0 Å². The first-order valence-electron chi connectivity index (χ1n) is 22.0. The lowest BCUT2D eigenvalue weighted by Gasteiger charge is -2.49. The van der Waals surface area contributed by atoms with Crippen LogP contribution < -0.4 is 15.4 Å². The number of aliphatic hydroxyl groups excluding tert-OH is 1. The summed E-state index contributed by atoms with van der Waals surface area (Å²) < 4.78 is 59.5. The Kier molecular flexibility index (Phi) is 18.0. The molecule has 4 rings (SSSR count). The Bertz CT molecular complexity index is 1440. The zero-order valence-electron chi connectivity index (χ0n) is 37.7. The third-order valence-corrected chi connectivity index (χ3v) is 13.1. The molecule has 3 aliphatic rings. The molecular weight excluding hydrogens is 763 g/mol. The van der Waals surface area contributed by atoms with E-state index >= 15 is 0 Å². The molecular formula is C45H77FN2O11. The molecule has 0 spiro atoms. The third-order valence-electron chi connectivity index (χ3n) is 13.1. The van der Waals surface area contributed by atoms with Crippen LogP contribution >= 0.6 is 0 Å². The number of hydrogen-bond donors (Lipinski definition) is 5. The number of esters is 1. The maximum absolute atomic E-state index is 14.4. The Hall–Kier alpha value is -1.98. The van der Waals surface area contributed by atoms with Crippen molar-refractivity contribution in [3.05, 3.63) is 30.1 Å². The average molecular weight is 841 g/mol. The minimum Gasteiger partial charge on any atom is -0.485 e. The van der Waals surface area contributed by atoms with E-state index in [0.717, 1.165) is 13.0 Å². The van der Waals surface area contributed by atoms with Gasteiger partial charge in [-0.1, -0.05) is 27.7 Å². The molecule has 17 atom stereocenters. The number of methoxy groups -OCH3 is 1. The van der Waals surface area contributed by atoms with E-state index in [1.165, 1.54) is 19.1 Å². The minimum atomic E-state index is -1.80. The van der Waals surface area contributed by atoms with Crippen LogP contribution in [0, 0.1) is 29.5 Å². The molecule has 0 saturated carbocycles. The van der Waals surface area contributed by atoms with E-state index in [2.05, 4.69) is 17.6 Å². The Morgan fingerprint density at radius 1 is 0.966 bits per heavy atom. The lowest BCUT2D eigenvalue weighted by Crippen LogP contribution is -2.59. The normalized spacial score (nSPS) is 43.3. The maximum Gasteiger partial charge on any atom is 0.311 e. The van der Waals surface area contributed by atoms with Crippen molar-refractivity contribution >= 4 is 5.97 Å². The van der Waals surface area contributed by atoms with Gasteiger partial charge in [0.15, 0.2) is 12.6 Å². The Morgan fingerprint density at radius 3 is 2.27 bits per heavy atom. The second-order valence-corrected chi connectivity index (χ2v) is 18.5. The fourth-order valence-electron chi connectivity index (χ4n) is 9.45. The first kappa shape index (κ1) is 49.7. The number of halogens is 1. The molecule has 59 heavy (non-hydrogen) atoms. The Balaban J connectivity index is 1.79. The number of benzene rings is 1. The average Bonchev–Trinajstić information content (AvgIpc) is 3.18. The van der Waals surface area contributed by atoms with Crippen LogP contribution in [-0.2, 0) is 33.2 Å². The molecule has 3 aliphatic heterocycles. The molecule has 1 unspecified atom stereocenters. The van der Waals surface area contributed by atoms with Crippen molar-refractivity contribution in [2.24, 2.45) is 23.7 Å². The number of cyclic esters (lactones) is 1. The highest BCUT2D eigenvalue weighted by molar-refractivity contribution is 5.73. The lowest BCUT2D eigenvalue weighted by molar-refractivity contribution is -0.307. The number of nitrogens with one attached hydrogen (secondary N) is 2. The second-order valence-electron chi connectivity index (χ2n) is 18.5. The molecule has 0 aromatic heterocycles. The molecule has 0 aliphatic carbocycles. The van der Waals surface area contributed by atoms with Crippen LogP contribution in [0.3, 0.4) is 0 Å². The van der Waals surface area contributed by atoms with Gasteiger partial charge in [0.1, 0.15) is 35.5 Å². The van der Waals surface area contributed by atoms with Crippen molar-refractivity contribution in [2.75, 3.05) is 26.7 Å². The van der Waals surface area contributed by atoms with Gasteiger partial charge in [0.05, 0.1) is 41.5 Å². The topological polar surface area (TPSA) is 166 Å². The van der Waals surface area contributed by atoms with Crippen molar-refractivity contribution in [2.45, 2.75) is 193 Å². The van der Waals surface area contributed by atoms with Crippen LogP contribution in [-0.4, -0.2) is 126 Å². The highest BCUT2D eigenvalue weighted by Gasteiger charge is 2.52. The number of rotatable bonds is 12. The summed E-state index contributed by atoms with van der Waals surface area (Å²) in [5.74, 6) is -2.40. The fraction of sp³-hybridized carbons (Fsp3) is 0.844. The first-order valence-corrected chi connectivity index (χ1v) is 22.0. The smallest absolute Gasteiger partial charge is 0.311 e. The quantitative estimate of drug-likeness (QED) is 0.133. The summed E-state index contributed by atoms with van der Waals surface area (Å²) in [6.45, 7) is 22.4. The highest BCUT2D eigenvalue weighted by Crippen LogP contribution is 2.41. The van der Waals surface area contributed by atoms with Crippen LogP contribution in [0.25, 0.3) is 0 Å². The molecule has 0 bridgehead atoms. The van der Waals surface area contributed by atoms with Crippen molar-refractivity contribution in [1.82, 2.24) is 10.6 Å². The molecule has 1 aromatic carbocycles. The number of aliphatic hydroxyl groups is 3. The SMILES string of the molecule is CCCNCC1[C@H](C)O[C@@H](O[C@H]2[C@H](C)[C@@H](O[C@@H]3O[C@H](C)CC[C@H]3Oc3ccc(F)cc3)[C@](C)(O)C[C@@H](C)CN[C@H](C)[C@@H](O)[C@](C)(O)[C@@H](CC)OC(=O)[C@@H]2C)C[C@@]1(C)OC. The van der Waals surface area contributed by atoms with Gasteiger partial charge >= 0.3 is 5.97 Å². The molecule has 0 amide bonds. The fourth-order valence-corrected chi connectivity index (χ4v) is 9.45. The van der Waals surface area contributed by atoms with E-state index in [9.17, 15) is 24.5 Å². The summed E-state index contributed by atoms with van der Waals surface area (Å²) in [6.07, 6.45) is -4.04. The maximum atomic E-state index is 14.4. The lowest BCUT2D eigenvalue weighted by atomic mass is 9.77. The van der Waals surface area contributed by atoms with Crippen molar-refractivity contribution in [3.8, 4) is 5.75 Å². The van der Waals surface area contributed by atoms with Gasteiger partial charge in [-0.15, -0.1) is 0 Å². The monoisotopic (exact) mass is 841 g/mol. The zero-order chi connectivity index (χ0) is 43.9. The summed E-state index contributed by atoms with van der Waals surface area (Å²) in [4.78, 5) is 14.4. The van der Waals surface area contributed by atoms with Crippen LogP contribution in [0.4, 0.5) is 4.39 Å². The van der Waals surface area contributed by atoms with Crippen molar-refractivity contribution < 1.29 is 57.7 Å². The molecule has 0 radical (unpaired) electrons. The van der Waals surface area contributed by atoms with Crippen molar-refractivity contribution in [1.29, 1.82) is 0 Å². The zero-order valence-corrected chi connectivity index (χ0v) is 37.7. The van der Waals surface area contributed by atoms with Gasteiger partial charge in [0, 0.05) is 38.0 Å². The summed E-state index contributed by atoms with van der Waals surface area (Å²) >= 11 is 0. The molecule has 3 heterocycles. The summed E-state index contributed by atoms with van der Waals surface area (Å²) in [7, 11) is 1.69. The van der Waals surface area contributed by atoms with Gasteiger partial charge in [-0.05, 0) is 124 Å². The third kappa shape index (κ3) is 12.6. The summed E-state index contributed by atoms with van der Waals surface area (Å²) in [5, 5.41) is 42.7. The summed E-state index contributed by atoms with van der Waals surface area (Å²) in [6, 6.07) is 5.19. The minimum absolute atomic E-state index is 0.00314. The van der Waals surface area contributed by atoms with Gasteiger partial charge in [-0.25, -0.2) is 4.39 Å². The predicted octanol–water partition coefficient (Wildman–Crippen LogP) is 5.50. The Labute approximate surface area is 352 Å². The molecule has 3 saturated heterocycles. The van der Waals surface area contributed by atoms with Crippen molar-refractivity contribution in [3.63, 3.8) is 0 Å². The van der Waals surface area contributed by atoms with Crippen LogP contribution in [0.5, 0.6) is 5.75 Å². The molecule has 14 heteroatoms. The largest absolute Gasteiger partial charge is 0.485 e. The van der Waals surface area contributed by atoms with Gasteiger partial charge in [-0.3, -0.25) is 4.79 Å². The van der Waals surface area contributed by atoms with Gasteiger partial charge in [0.2, 0.25) is 0 Å². The standard InChI is InChI=1S/C45H77FN2O11/c1-13-21-47-25-34-31(8)55-37(23-44(34,10)53-12)58-38-28(5)40(59-42-35(20-15-27(4)54-42)56-33-18-16-32(46)17-19-33)43(9,51)22-26(3)24-48-30(7)39(49)45(11,52)36(14-2)57-41(50)29(38)6/h16-19,26-31,34-40,42,47-49,51-52H,13-15,20-25H2,1-12H3/t26-,27-,28+,29-,30-,31+,34?,35-,36-,37+,38+,39-,40-,42+,43-,44-,45-/m1/s1. The van der Waals surface area contributed by atoms with Crippen LogP contribution in [0.1, 0.15) is 115 Å². The molecule has 13 nitrogen and oxygen atoms in total. The highest BCUT2D eigenvalue weighted by atomic mass is 19.1. The number of hydrogen-bond acceptors (Lipinski definition) is 13. The number of carbonyl (C=O) groups excluding carboxylic acids is 1. The van der Waals surface area contributed by atoms with E-state index in [1.54, 1.807) is 46.9 Å². The van der Waals surface area contributed by atoms with E-state index in [-0.39, 0.29) is 42.7 Å². The van der Waals surface area contributed by atoms with Crippen LogP contribution in [0.15, 0.2) is 24.3 Å². The van der Waals surface area contributed by atoms with E-state index in [1.807, 2.05) is 34.6 Å². The van der Waals surface area contributed by atoms with E-state index in [0.29, 0.717) is 38.1 Å². The Morgan fingerprint density at radius 2 is 1.64 bits per heavy atom. The second kappa shape index (κ2) is 21.4. The first-order chi connectivity index (χ1) is 27.7. The summed E-state index contributed by atoms with van der Waals surface area (Å²) in [5.41, 5.74) is -3.97. The molecule has 3 fully saturated rings. The van der Waals surface area contributed by atoms with E-state index < -0.39 is 83.7 Å².